The Morgan fingerprint density at radius 1 is 1.63 bits per heavy atom. The number of amides is 1. The van der Waals surface area contributed by atoms with Crippen LogP contribution in [0.15, 0.2) is 0 Å². The summed E-state index contributed by atoms with van der Waals surface area (Å²) >= 11 is 0. The smallest absolute Gasteiger partial charge is 0.276 e. The van der Waals surface area contributed by atoms with Crippen LogP contribution in [-0.2, 0) is 11.2 Å². The van der Waals surface area contributed by atoms with Crippen LogP contribution >= 0.6 is 0 Å². The van der Waals surface area contributed by atoms with Gasteiger partial charge in [-0.1, -0.05) is 6.92 Å². The number of aryl methyl sites for hydroxylation is 1. The van der Waals surface area contributed by atoms with Crippen LogP contribution < -0.4 is 5.73 Å². The fraction of sp³-hybridized carbons (Fsp3) is 0.692. The van der Waals surface area contributed by atoms with Gasteiger partial charge in [0.25, 0.3) is 5.91 Å². The average Bonchev–Trinajstić information content (AvgIpc) is 2.80. The van der Waals surface area contributed by atoms with Gasteiger partial charge in [-0.2, -0.15) is 5.10 Å². The first kappa shape index (κ1) is 13.9. The molecule has 1 atom stereocenters. The molecule has 1 aromatic rings. The molecule has 106 valence electrons. The highest BCUT2D eigenvalue weighted by molar-refractivity contribution is 5.97. The number of hydrogen-bond acceptors (Lipinski definition) is 4. The molecule has 0 radical (unpaired) electrons. The van der Waals surface area contributed by atoms with Gasteiger partial charge in [0.15, 0.2) is 5.69 Å². The van der Waals surface area contributed by atoms with Crippen LogP contribution in [0, 0.1) is 5.92 Å². The van der Waals surface area contributed by atoms with E-state index in [9.17, 15) is 4.79 Å². The van der Waals surface area contributed by atoms with Crippen LogP contribution in [0.2, 0.25) is 0 Å². The number of aromatic nitrogens is 2. The molecule has 1 aliphatic rings. The van der Waals surface area contributed by atoms with E-state index >= 15 is 0 Å². The zero-order valence-electron chi connectivity index (χ0n) is 11.6. The normalized spacial score (nSPS) is 19.7. The third-order valence-electron chi connectivity index (χ3n) is 3.65. The van der Waals surface area contributed by atoms with Crippen molar-refractivity contribution in [2.24, 2.45) is 5.92 Å². The number of rotatable bonds is 4. The van der Waals surface area contributed by atoms with E-state index in [0.29, 0.717) is 23.9 Å². The van der Waals surface area contributed by atoms with Crippen LogP contribution in [0.1, 0.15) is 35.9 Å². The minimum atomic E-state index is -0.0748. The van der Waals surface area contributed by atoms with Crippen LogP contribution in [0.4, 0.5) is 5.69 Å². The molecular weight excluding hydrogens is 244 g/mol. The van der Waals surface area contributed by atoms with Crippen LogP contribution in [0.25, 0.3) is 0 Å². The van der Waals surface area contributed by atoms with E-state index in [1.165, 1.54) is 0 Å². The van der Waals surface area contributed by atoms with E-state index in [4.69, 9.17) is 10.5 Å². The SMILES string of the molecule is CCc1[nH]nc(C(=O)N2CCCC(COC)C2)c1N. The number of nitrogen functional groups attached to an aromatic ring is 1. The van der Waals surface area contributed by atoms with Crippen molar-refractivity contribution in [2.45, 2.75) is 26.2 Å². The monoisotopic (exact) mass is 266 g/mol. The number of piperidine rings is 1. The zero-order valence-corrected chi connectivity index (χ0v) is 11.6. The molecule has 0 aliphatic carbocycles. The highest BCUT2D eigenvalue weighted by Gasteiger charge is 2.27. The number of aromatic amines is 1. The molecule has 1 saturated heterocycles. The third kappa shape index (κ3) is 2.89. The van der Waals surface area contributed by atoms with Crippen LogP contribution in [0.5, 0.6) is 0 Å². The van der Waals surface area contributed by atoms with Crippen LogP contribution in [-0.4, -0.2) is 47.8 Å². The van der Waals surface area contributed by atoms with Gasteiger partial charge in [0.2, 0.25) is 0 Å². The highest BCUT2D eigenvalue weighted by Crippen LogP contribution is 2.21. The maximum Gasteiger partial charge on any atom is 0.276 e. The molecule has 1 aromatic heterocycles. The Hall–Kier alpha value is -1.56. The predicted octanol–water partition coefficient (Wildman–Crippen LogP) is 1.05. The van der Waals surface area contributed by atoms with Crippen LogP contribution in [0.3, 0.4) is 0 Å². The molecule has 1 fully saturated rings. The Labute approximate surface area is 113 Å². The van der Waals surface area contributed by atoms with Gasteiger partial charge in [-0.15, -0.1) is 0 Å². The molecule has 1 amide bonds. The highest BCUT2D eigenvalue weighted by atomic mass is 16.5. The Bertz CT molecular complexity index is 442. The molecule has 0 spiro atoms. The predicted molar refractivity (Wildman–Crippen MR) is 72.9 cm³/mol. The van der Waals surface area contributed by atoms with Gasteiger partial charge in [0, 0.05) is 20.2 Å². The van der Waals surface area contributed by atoms with Gasteiger partial charge in [0.05, 0.1) is 18.0 Å². The molecule has 1 aliphatic heterocycles. The lowest BCUT2D eigenvalue weighted by Gasteiger charge is -2.32. The summed E-state index contributed by atoms with van der Waals surface area (Å²) in [6.07, 6.45) is 2.86. The first-order chi connectivity index (χ1) is 9.17. The molecule has 2 heterocycles. The summed E-state index contributed by atoms with van der Waals surface area (Å²) < 4.78 is 5.18. The maximum atomic E-state index is 12.4. The van der Waals surface area contributed by atoms with E-state index in [1.54, 1.807) is 7.11 Å². The first-order valence-electron chi connectivity index (χ1n) is 6.78. The number of methoxy groups -OCH3 is 1. The summed E-state index contributed by atoms with van der Waals surface area (Å²) in [4.78, 5) is 14.3. The van der Waals surface area contributed by atoms with Gasteiger partial charge in [-0.3, -0.25) is 9.89 Å². The second kappa shape index (κ2) is 6.06. The molecule has 19 heavy (non-hydrogen) atoms. The first-order valence-corrected chi connectivity index (χ1v) is 6.78. The molecule has 0 saturated carbocycles. The van der Waals surface area contributed by atoms with Gasteiger partial charge < -0.3 is 15.4 Å². The Morgan fingerprint density at radius 3 is 3.05 bits per heavy atom. The second-order valence-electron chi connectivity index (χ2n) is 5.03. The zero-order chi connectivity index (χ0) is 13.8. The lowest BCUT2D eigenvalue weighted by Crippen LogP contribution is -2.41. The standard InChI is InChI=1S/C13H22N4O2/c1-3-10-11(14)12(16-15-10)13(18)17-6-4-5-9(7-17)8-19-2/h9H,3-8,14H2,1-2H3,(H,15,16). The van der Waals surface area contributed by atoms with E-state index < -0.39 is 0 Å². The van der Waals surface area contributed by atoms with Crippen molar-refractivity contribution in [3.8, 4) is 0 Å². The van der Waals surface area contributed by atoms with Crippen molar-refractivity contribution in [3.63, 3.8) is 0 Å². The quantitative estimate of drug-likeness (QED) is 0.853. The average molecular weight is 266 g/mol. The van der Waals surface area contributed by atoms with Crippen molar-refractivity contribution < 1.29 is 9.53 Å². The number of hydrogen-bond donors (Lipinski definition) is 2. The molecule has 6 nitrogen and oxygen atoms in total. The lowest BCUT2D eigenvalue weighted by molar-refractivity contribution is 0.0566. The lowest BCUT2D eigenvalue weighted by atomic mass is 9.98. The number of nitrogens with two attached hydrogens (primary N) is 1. The molecule has 0 bridgehead atoms. The summed E-state index contributed by atoms with van der Waals surface area (Å²) in [5.41, 5.74) is 7.62. The van der Waals surface area contributed by atoms with Crippen molar-refractivity contribution in [2.75, 3.05) is 32.5 Å². The molecule has 1 unspecified atom stereocenters. The van der Waals surface area contributed by atoms with E-state index in [2.05, 4.69) is 10.2 Å². The van der Waals surface area contributed by atoms with Crippen molar-refractivity contribution >= 4 is 11.6 Å². The fourth-order valence-corrected chi connectivity index (χ4v) is 2.59. The summed E-state index contributed by atoms with van der Waals surface area (Å²) in [5, 5.41) is 6.89. The Kier molecular flexibility index (Phi) is 4.42. The largest absolute Gasteiger partial charge is 0.395 e. The molecule has 2 rings (SSSR count). The molecule has 6 heteroatoms. The van der Waals surface area contributed by atoms with E-state index in [0.717, 1.165) is 38.0 Å². The number of carbonyl (C=O) groups is 1. The van der Waals surface area contributed by atoms with E-state index in [-0.39, 0.29) is 5.91 Å². The fourth-order valence-electron chi connectivity index (χ4n) is 2.59. The number of likely N-dealkylation sites (tertiary alicyclic amines) is 1. The number of ether oxygens (including phenoxy) is 1. The summed E-state index contributed by atoms with van der Waals surface area (Å²) in [5.74, 6) is 0.336. The number of carbonyl (C=O) groups excluding carboxylic acids is 1. The Balaban J connectivity index is 2.08. The number of H-pyrrole nitrogens is 1. The number of anilines is 1. The van der Waals surface area contributed by atoms with Gasteiger partial charge in [0.1, 0.15) is 0 Å². The summed E-state index contributed by atoms with van der Waals surface area (Å²) in [6.45, 7) is 4.17. The third-order valence-corrected chi connectivity index (χ3v) is 3.65. The number of nitrogens with zero attached hydrogens (tertiary/aromatic N) is 2. The topological polar surface area (TPSA) is 84.2 Å². The van der Waals surface area contributed by atoms with Gasteiger partial charge in [-0.05, 0) is 25.2 Å². The Morgan fingerprint density at radius 2 is 2.42 bits per heavy atom. The molecule has 3 N–H and O–H groups in total. The van der Waals surface area contributed by atoms with Gasteiger partial charge >= 0.3 is 0 Å². The summed E-state index contributed by atoms with van der Waals surface area (Å²) in [6, 6.07) is 0. The summed E-state index contributed by atoms with van der Waals surface area (Å²) in [7, 11) is 1.69. The molecular formula is C13H22N4O2. The number of nitrogens with one attached hydrogen (secondary N) is 1. The maximum absolute atomic E-state index is 12.4. The van der Waals surface area contributed by atoms with Gasteiger partial charge in [-0.25, -0.2) is 0 Å². The van der Waals surface area contributed by atoms with E-state index in [1.807, 2.05) is 11.8 Å². The molecule has 0 aromatic carbocycles. The van der Waals surface area contributed by atoms with Crippen molar-refractivity contribution in [1.82, 2.24) is 15.1 Å². The second-order valence-corrected chi connectivity index (χ2v) is 5.03. The minimum absolute atomic E-state index is 0.0748. The minimum Gasteiger partial charge on any atom is -0.395 e. The van der Waals surface area contributed by atoms with Crippen molar-refractivity contribution in [1.29, 1.82) is 0 Å². The van der Waals surface area contributed by atoms with Crippen molar-refractivity contribution in [3.05, 3.63) is 11.4 Å².